The Bertz CT molecular complexity index is 1270. The number of nitrogens with zero attached hydrogens (tertiary/aromatic N) is 2. The highest BCUT2D eigenvalue weighted by Gasteiger charge is 2.41. The number of aromatic nitrogens is 2. The number of benzene rings is 1. The lowest BCUT2D eigenvalue weighted by Crippen LogP contribution is -2.43. The lowest BCUT2D eigenvalue weighted by Gasteiger charge is -2.36. The van der Waals surface area contributed by atoms with E-state index < -0.39 is 13.9 Å². The lowest BCUT2D eigenvalue weighted by molar-refractivity contribution is 0.0103. The fourth-order valence-corrected chi connectivity index (χ4v) is 6.10. The highest BCUT2D eigenvalue weighted by atomic mass is 28.4. The molecule has 2 unspecified atom stereocenters. The van der Waals surface area contributed by atoms with Crippen LogP contribution in [0.3, 0.4) is 0 Å². The maximum atomic E-state index is 12.8. The number of hydrogen-bond acceptors (Lipinski definition) is 6. The molecule has 7 heteroatoms. The molecule has 1 aromatic carbocycles. The summed E-state index contributed by atoms with van der Waals surface area (Å²) in [5.74, 6) is 0.787. The SMILES string of the molecule is COC(c1cccc(C(O)(c2ccc(O[Si](C)(C)C(C)(C)C)cc2)c2cccc(C(OC)C(C)(C)C)n2)n1)C(C)(C)C. The number of aliphatic hydroxyl groups is 1. The van der Waals surface area contributed by atoms with Gasteiger partial charge in [0.25, 0.3) is 0 Å². The van der Waals surface area contributed by atoms with E-state index in [9.17, 15) is 5.11 Å². The van der Waals surface area contributed by atoms with Crippen LogP contribution >= 0.6 is 0 Å². The number of rotatable bonds is 9. The Hall–Kier alpha value is -2.58. The van der Waals surface area contributed by atoms with Gasteiger partial charge in [0.2, 0.25) is 8.32 Å². The van der Waals surface area contributed by atoms with Crippen molar-refractivity contribution in [3.63, 3.8) is 0 Å². The molecule has 2 atom stereocenters. The van der Waals surface area contributed by atoms with Crippen molar-refractivity contribution >= 4 is 8.32 Å². The van der Waals surface area contributed by atoms with Gasteiger partial charge in [0.15, 0.2) is 5.60 Å². The Labute approximate surface area is 255 Å². The second-order valence-electron chi connectivity index (χ2n) is 15.0. The normalized spacial score (nSPS) is 16.0. The van der Waals surface area contributed by atoms with Gasteiger partial charge in [-0.1, -0.05) is 86.6 Å². The van der Waals surface area contributed by atoms with Crippen molar-refractivity contribution in [3.8, 4) is 5.75 Å². The highest BCUT2D eigenvalue weighted by molar-refractivity contribution is 6.74. The Morgan fingerprint density at radius 1 is 0.643 bits per heavy atom. The molecular formula is C35H52N2O4Si. The summed E-state index contributed by atoms with van der Waals surface area (Å²) < 4.78 is 18.3. The molecule has 230 valence electrons. The molecule has 0 saturated carbocycles. The Morgan fingerprint density at radius 3 is 1.38 bits per heavy atom. The van der Waals surface area contributed by atoms with Gasteiger partial charge in [0, 0.05) is 14.2 Å². The number of methoxy groups -OCH3 is 2. The molecule has 2 aromatic heterocycles. The topological polar surface area (TPSA) is 73.7 Å². The summed E-state index contributed by atoms with van der Waals surface area (Å²) in [6.45, 7) is 23.8. The van der Waals surface area contributed by atoms with Crippen molar-refractivity contribution in [3.05, 3.63) is 89.0 Å². The van der Waals surface area contributed by atoms with Gasteiger partial charge in [-0.3, -0.25) is 9.97 Å². The van der Waals surface area contributed by atoms with Gasteiger partial charge < -0.3 is 19.0 Å². The van der Waals surface area contributed by atoms with E-state index in [1.165, 1.54) is 0 Å². The average Bonchev–Trinajstić information content (AvgIpc) is 2.87. The van der Waals surface area contributed by atoms with Crippen LogP contribution in [0.2, 0.25) is 18.1 Å². The quantitative estimate of drug-likeness (QED) is 0.251. The summed E-state index contributed by atoms with van der Waals surface area (Å²) in [5, 5.41) is 12.9. The van der Waals surface area contributed by atoms with Gasteiger partial charge in [-0.2, -0.15) is 0 Å². The van der Waals surface area contributed by atoms with Crippen LogP contribution in [-0.4, -0.2) is 37.6 Å². The molecule has 0 amide bonds. The second-order valence-corrected chi connectivity index (χ2v) is 19.7. The van der Waals surface area contributed by atoms with E-state index in [0.717, 1.165) is 17.1 Å². The van der Waals surface area contributed by atoms with Crippen molar-refractivity contribution in [1.29, 1.82) is 0 Å². The van der Waals surface area contributed by atoms with Crippen molar-refractivity contribution in [1.82, 2.24) is 9.97 Å². The van der Waals surface area contributed by atoms with Crippen LogP contribution in [0.5, 0.6) is 5.75 Å². The standard InChI is InChI=1S/C35H52N2O4Si/c1-32(2,3)30(39-10)26-16-14-18-28(36-26)35(38,29-19-15-17-27(37-29)31(40-11)33(4,5)6)24-20-22-25(23-21-24)41-42(12,13)34(7,8)9/h14-23,30-31,38H,1-13H3. The monoisotopic (exact) mass is 592 g/mol. The molecule has 2 heterocycles. The predicted molar refractivity (Wildman–Crippen MR) is 173 cm³/mol. The lowest BCUT2D eigenvalue weighted by atomic mass is 9.83. The van der Waals surface area contributed by atoms with Crippen molar-refractivity contribution in [2.45, 2.75) is 98.3 Å². The van der Waals surface area contributed by atoms with E-state index in [-0.39, 0.29) is 28.1 Å². The van der Waals surface area contributed by atoms with E-state index in [1.807, 2.05) is 60.7 Å². The Morgan fingerprint density at radius 2 is 1.05 bits per heavy atom. The molecule has 0 spiro atoms. The van der Waals surface area contributed by atoms with Crippen LogP contribution in [0, 0.1) is 10.8 Å². The number of hydrogen-bond donors (Lipinski definition) is 1. The second kappa shape index (κ2) is 12.2. The zero-order valence-electron chi connectivity index (χ0n) is 28.0. The first-order valence-corrected chi connectivity index (χ1v) is 17.7. The minimum Gasteiger partial charge on any atom is -0.544 e. The van der Waals surface area contributed by atoms with Crippen LogP contribution in [0.25, 0.3) is 0 Å². The molecule has 0 bridgehead atoms. The first-order valence-electron chi connectivity index (χ1n) is 14.8. The molecule has 0 aliphatic carbocycles. The van der Waals surface area contributed by atoms with Crippen LogP contribution in [0.1, 0.15) is 103 Å². The fourth-order valence-electron chi connectivity index (χ4n) is 5.07. The van der Waals surface area contributed by atoms with Crippen LogP contribution in [0.4, 0.5) is 0 Å². The van der Waals surface area contributed by atoms with Gasteiger partial charge >= 0.3 is 0 Å². The van der Waals surface area contributed by atoms with E-state index in [4.69, 9.17) is 23.9 Å². The predicted octanol–water partition coefficient (Wildman–Crippen LogP) is 8.61. The Kier molecular flexibility index (Phi) is 9.85. The van der Waals surface area contributed by atoms with Gasteiger partial charge in [-0.25, -0.2) is 0 Å². The van der Waals surface area contributed by atoms with Crippen LogP contribution in [0.15, 0.2) is 60.7 Å². The van der Waals surface area contributed by atoms with Gasteiger partial charge in [-0.15, -0.1) is 0 Å². The van der Waals surface area contributed by atoms with Gasteiger partial charge in [-0.05, 0) is 70.9 Å². The van der Waals surface area contributed by atoms with Crippen molar-refractivity contribution < 1.29 is 19.0 Å². The van der Waals surface area contributed by atoms with E-state index >= 15 is 0 Å². The summed E-state index contributed by atoms with van der Waals surface area (Å²) in [6.07, 6.45) is -0.528. The largest absolute Gasteiger partial charge is 0.544 e. The smallest absolute Gasteiger partial charge is 0.250 e. The molecule has 0 aliphatic heterocycles. The third-order valence-corrected chi connectivity index (χ3v) is 12.7. The summed E-state index contributed by atoms with van der Waals surface area (Å²) >= 11 is 0. The summed E-state index contributed by atoms with van der Waals surface area (Å²) in [6, 6.07) is 19.2. The maximum Gasteiger partial charge on any atom is 0.250 e. The third kappa shape index (κ3) is 7.13. The first-order chi connectivity index (χ1) is 19.3. The highest BCUT2D eigenvalue weighted by Crippen LogP contribution is 2.42. The molecule has 1 N–H and O–H groups in total. The molecule has 0 saturated heterocycles. The molecule has 3 aromatic rings. The summed E-state index contributed by atoms with van der Waals surface area (Å²) in [7, 11) is 1.35. The first kappa shape index (κ1) is 33.9. The van der Waals surface area contributed by atoms with E-state index in [0.29, 0.717) is 17.0 Å². The average molecular weight is 593 g/mol. The minimum absolute atomic E-state index is 0.0665. The summed E-state index contributed by atoms with van der Waals surface area (Å²) in [4.78, 5) is 10.0. The van der Waals surface area contributed by atoms with E-state index in [1.54, 1.807) is 14.2 Å². The molecular weight excluding hydrogens is 540 g/mol. The molecule has 42 heavy (non-hydrogen) atoms. The van der Waals surface area contributed by atoms with Crippen molar-refractivity contribution in [2.24, 2.45) is 10.8 Å². The minimum atomic E-state index is -2.04. The van der Waals surface area contributed by atoms with Crippen LogP contribution < -0.4 is 4.43 Å². The molecule has 0 aliphatic rings. The van der Waals surface area contributed by atoms with Gasteiger partial charge in [0.05, 0.1) is 22.8 Å². The zero-order valence-corrected chi connectivity index (χ0v) is 29.0. The van der Waals surface area contributed by atoms with E-state index in [2.05, 4.69) is 75.4 Å². The number of ether oxygens (including phenoxy) is 2. The Balaban J connectivity index is 2.23. The molecule has 0 fully saturated rings. The zero-order chi connectivity index (χ0) is 31.7. The van der Waals surface area contributed by atoms with Crippen molar-refractivity contribution in [2.75, 3.05) is 14.2 Å². The molecule has 6 nitrogen and oxygen atoms in total. The van der Waals surface area contributed by atoms with Crippen LogP contribution in [-0.2, 0) is 15.1 Å². The molecule has 3 rings (SSSR count). The number of pyridine rings is 2. The third-order valence-electron chi connectivity index (χ3n) is 8.32. The maximum absolute atomic E-state index is 12.8. The van der Waals surface area contributed by atoms with Gasteiger partial charge in [0.1, 0.15) is 18.0 Å². The fraction of sp³-hybridized carbons (Fsp3) is 0.543. The molecule has 0 radical (unpaired) electrons. The summed E-state index contributed by atoms with van der Waals surface area (Å²) in [5.41, 5.74) is 1.05.